The van der Waals surface area contributed by atoms with Gasteiger partial charge in [-0.05, 0) is 57.9 Å². The predicted octanol–water partition coefficient (Wildman–Crippen LogP) is 4.14. The molecular weight excluding hydrogens is 369 g/mol. The van der Waals surface area contributed by atoms with Gasteiger partial charge in [0, 0.05) is 11.5 Å². The van der Waals surface area contributed by atoms with Crippen LogP contribution in [0.2, 0.25) is 0 Å². The van der Waals surface area contributed by atoms with Crippen molar-refractivity contribution in [1.29, 1.82) is 0 Å². The minimum atomic E-state index is 0.726. The molecule has 0 bridgehead atoms. The van der Waals surface area contributed by atoms with Crippen molar-refractivity contribution in [2.24, 2.45) is 11.8 Å². The maximum atomic E-state index is 4.46. The van der Waals surface area contributed by atoms with E-state index < -0.39 is 0 Å². The highest BCUT2D eigenvalue weighted by Gasteiger charge is 2.11. The van der Waals surface area contributed by atoms with Crippen LogP contribution in [0, 0.1) is 11.8 Å². The number of thiol groups is 4. The number of hydrogen-bond acceptors (Lipinski definition) is 7. The number of thioether (sulfide) groups is 3. The Hall–Kier alpha value is 2.45. The molecule has 0 spiro atoms. The monoisotopic (exact) mass is 394 g/mol. The molecule has 0 nitrogen and oxygen atoms in total. The topological polar surface area (TPSA) is 0 Å². The van der Waals surface area contributed by atoms with Gasteiger partial charge in [0.2, 0.25) is 0 Å². The molecule has 0 saturated carbocycles. The lowest BCUT2D eigenvalue weighted by Crippen LogP contribution is -2.14. The van der Waals surface area contributed by atoms with E-state index in [1.54, 1.807) is 0 Å². The fourth-order valence-electron chi connectivity index (χ4n) is 1.34. The summed E-state index contributed by atoms with van der Waals surface area (Å²) in [5.41, 5.74) is 0. The van der Waals surface area contributed by atoms with Crippen LogP contribution in [0.5, 0.6) is 0 Å². The van der Waals surface area contributed by atoms with Gasteiger partial charge in [-0.3, -0.25) is 0 Å². The molecule has 0 saturated heterocycles. The molecule has 7 heteroatoms. The molecule has 2 atom stereocenters. The maximum Gasteiger partial charge on any atom is 0.00211 e. The summed E-state index contributed by atoms with van der Waals surface area (Å²) < 4.78 is 0. The van der Waals surface area contributed by atoms with E-state index >= 15 is 0 Å². The van der Waals surface area contributed by atoms with Crippen LogP contribution in [0.3, 0.4) is 0 Å². The molecule has 116 valence electrons. The van der Waals surface area contributed by atoms with Crippen molar-refractivity contribution in [3.8, 4) is 0 Å². The molecule has 0 aliphatic carbocycles. The average Bonchev–Trinajstić information content (AvgIpc) is 2.44. The first-order chi connectivity index (χ1) is 9.28. The summed E-state index contributed by atoms with van der Waals surface area (Å²) in [5.74, 6) is 12.6. The standard InChI is InChI=1S/C12H26S7/c13-1-3-17-7-11(5-15)9-19-10-12(6-16)8-18-4-2-14/h11-16H,1-10H2. The lowest BCUT2D eigenvalue weighted by Gasteiger charge is -2.17. The van der Waals surface area contributed by atoms with Crippen molar-refractivity contribution in [3.05, 3.63) is 0 Å². The Morgan fingerprint density at radius 3 is 1.26 bits per heavy atom. The third-order valence-corrected chi connectivity index (χ3v) is 8.30. The van der Waals surface area contributed by atoms with Gasteiger partial charge in [-0.1, -0.05) is 0 Å². The van der Waals surface area contributed by atoms with Crippen molar-refractivity contribution in [2.45, 2.75) is 0 Å². The van der Waals surface area contributed by atoms with Crippen LogP contribution >= 0.6 is 85.8 Å². The Balaban J connectivity index is 3.64. The average molecular weight is 395 g/mol. The zero-order chi connectivity index (χ0) is 14.3. The summed E-state index contributed by atoms with van der Waals surface area (Å²) in [6, 6.07) is 0. The van der Waals surface area contributed by atoms with E-state index in [1.165, 1.54) is 23.0 Å². The summed E-state index contributed by atoms with van der Waals surface area (Å²) in [6.45, 7) is 0. The first-order valence-electron chi connectivity index (χ1n) is 6.45. The molecule has 0 aromatic carbocycles. The third kappa shape index (κ3) is 13.8. The summed E-state index contributed by atoms with van der Waals surface area (Å²) in [4.78, 5) is 0. The Morgan fingerprint density at radius 1 is 0.579 bits per heavy atom. The zero-order valence-electron chi connectivity index (χ0n) is 11.2. The molecule has 19 heavy (non-hydrogen) atoms. The first-order valence-corrected chi connectivity index (χ1v) is 12.4. The molecule has 0 fully saturated rings. The molecule has 0 aliphatic rings. The Morgan fingerprint density at radius 2 is 0.947 bits per heavy atom. The molecule has 0 rings (SSSR count). The fraction of sp³-hybridized carbons (Fsp3) is 1.00. The summed E-state index contributed by atoms with van der Waals surface area (Å²) in [6.07, 6.45) is 0. The molecule has 0 amide bonds. The van der Waals surface area contributed by atoms with Gasteiger partial charge in [0.25, 0.3) is 0 Å². The molecule has 0 aliphatic heterocycles. The zero-order valence-corrected chi connectivity index (χ0v) is 17.3. The van der Waals surface area contributed by atoms with E-state index in [-0.39, 0.29) is 0 Å². The molecule has 2 unspecified atom stereocenters. The highest BCUT2D eigenvalue weighted by Crippen LogP contribution is 2.21. The lowest BCUT2D eigenvalue weighted by atomic mass is 10.2. The van der Waals surface area contributed by atoms with E-state index in [2.05, 4.69) is 62.3 Å². The number of rotatable bonds is 14. The van der Waals surface area contributed by atoms with Crippen LogP contribution in [-0.2, 0) is 0 Å². The second-order valence-corrected chi connectivity index (χ2v) is 9.23. The molecule has 0 N–H and O–H groups in total. The van der Waals surface area contributed by atoms with Gasteiger partial charge in [0.1, 0.15) is 0 Å². The summed E-state index contributed by atoms with van der Waals surface area (Å²) in [5, 5.41) is 0. The van der Waals surface area contributed by atoms with E-state index in [4.69, 9.17) is 0 Å². The second-order valence-electron chi connectivity index (χ2n) is 4.23. The molecule has 0 aromatic rings. The minimum Gasteiger partial charge on any atom is -0.179 e. The van der Waals surface area contributed by atoms with Gasteiger partial charge >= 0.3 is 0 Å². The molecular formula is C12H26S7. The molecule has 0 radical (unpaired) electrons. The van der Waals surface area contributed by atoms with Crippen molar-refractivity contribution in [3.63, 3.8) is 0 Å². The van der Waals surface area contributed by atoms with E-state index in [1.807, 2.05) is 23.5 Å². The van der Waals surface area contributed by atoms with Crippen molar-refractivity contribution < 1.29 is 0 Å². The Kier molecular flexibility index (Phi) is 19.0. The maximum absolute atomic E-state index is 4.46. The SMILES string of the molecule is SCCSCC(CS)CSCC(CS)CSCCS. The highest BCUT2D eigenvalue weighted by molar-refractivity contribution is 8.01. The molecule has 0 heterocycles. The second kappa shape index (κ2) is 16.8. The van der Waals surface area contributed by atoms with Gasteiger partial charge in [-0.2, -0.15) is 85.8 Å². The largest absolute Gasteiger partial charge is 0.179 e. The first kappa shape index (κ1) is 21.4. The molecule has 0 aromatic heterocycles. The third-order valence-electron chi connectivity index (χ3n) is 2.40. The normalized spacial score (nSPS) is 14.5. The number of hydrogen-bond donors (Lipinski definition) is 4. The van der Waals surface area contributed by atoms with E-state index in [0.29, 0.717) is 0 Å². The predicted molar refractivity (Wildman–Crippen MR) is 114 cm³/mol. The lowest BCUT2D eigenvalue weighted by molar-refractivity contribution is 0.760. The quantitative estimate of drug-likeness (QED) is 0.258. The van der Waals surface area contributed by atoms with Gasteiger partial charge in [-0.25, -0.2) is 0 Å². The Labute approximate surface area is 154 Å². The van der Waals surface area contributed by atoms with Crippen molar-refractivity contribution in [1.82, 2.24) is 0 Å². The summed E-state index contributed by atoms with van der Waals surface area (Å²) in [7, 11) is 0. The summed E-state index contributed by atoms with van der Waals surface area (Å²) >= 11 is 23.5. The Bertz CT molecular complexity index is 161. The van der Waals surface area contributed by atoms with Gasteiger partial charge in [0.15, 0.2) is 0 Å². The van der Waals surface area contributed by atoms with Crippen molar-refractivity contribution >= 4 is 85.8 Å². The fourth-order valence-corrected chi connectivity index (χ4v) is 6.63. The minimum absolute atomic E-state index is 0.726. The van der Waals surface area contributed by atoms with Crippen molar-refractivity contribution in [2.75, 3.05) is 57.5 Å². The van der Waals surface area contributed by atoms with Gasteiger partial charge in [-0.15, -0.1) is 0 Å². The van der Waals surface area contributed by atoms with Crippen LogP contribution < -0.4 is 0 Å². The van der Waals surface area contributed by atoms with E-state index in [0.717, 1.165) is 46.4 Å². The van der Waals surface area contributed by atoms with Crippen LogP contribution in [0.4, 0.5) is 0 Å². The van der Waals surface area contributed by atoms with Crippen LogP contribution in [-0.4, -0.2) is 57.5 Å². The van der Waals surface area contributed by atoms with Crippen LogP contribution in [0.1, 0.15) is 0 Å². The highest BCUT2D eigenvalue weighted by atomic mass is 32.2. The van der Waals surface area contributed by atoms with Gasteiger partial charge in [0.05, 0.1) is 0 Å². The van der Waals surface area contributed by atoms with Crippen LogP contribution in [0.15, 0.2) is 0 Å². The van der Waals surface area contributed by atoms with Gasteiger partial charge < -0.3 is 0 Å². The van der Waals surface area contributed by atoms with E-state index in [9.17, 15) is 0 Å². The van der Waals surface area contributed by atoms with Crippen LogP contribution in [0.25, 0.3) is 0 Å². The smallest absolute Gasteiger partial charge is 0.00211 e.